The van der Waals surface area contributed by atoms with Gasteiger partial charge in [0, 0.05) is 18.3 Å². The van der Waals surface area contributed by atoms with Gasteiger partial charge in [-0.05, 0) is 43.9 Å². The van der Waals surface area contributed by atoms with E-state index in [1.54, 1.807) is 24.3 Å². The third-order valence-electron chi connectivity index (χ3n) is 4.54. The molecule has 0 bridgehead atoms. The number of nitriles is 1. The molecular formula is C20H23N3O4S. The molecule has 1 aliphatic rings. The molecule has 0 spiro atoms. The SMILES string of the molecule is N#Cc1ccc(OC2CCC(NS(=O)(=O)CCOc3ccccc3)CC2)nc1. The van der Waals surface area contributed by atoms with Crippen LogP contribution < -0.4 is 14.2 Å². The highest BCUT2D eigenvalue weighted by atomic mass is 32.2. The first kappa shape index (κ1) is 20.1. The van der Waals surface area contributed by atoms with E-state index in [2.05, 4.69) is 9.71 Å². The maximum atomic E-state index is 12.3. The number of nitrogens with one attached hydrogen (secondary N) is 1. The van der Waals surface area contributed by atoms with Gasteiger partial charge in [-0.3, -0.25) is 0 Å². The van der Waals surface area contributed by atoms with Gasteiger partial charge in [0.2, 0.25) is 15.9 Å². The molecule has 1 aromatic heterocycles. The van der Waals surface area contributed by atoms with Crippen molar-refractivity contribution < 1.29 is 17.9 Å². The first-order chi connectivity index (χ1) is 13.5. The summed E-state index contributed by atoms with van der Waals surface area (Å²) < 4.78 is 38.6. The highest BCUT2D eigenvalue weighted by Gasteiger charge is 2.26. The Bertz CT molecular complexity index is 887. The highest BCUT2D eigenvalue weighted by molar-refractivity contribution is 7.89. The molecule has 0 saturated heterocycles. The fraction of sp³-hybridized carbons (Fsp3) is 0.400. The number of pyridine rings is 1. The van der Waals surface area contributed by atoms with Gasteiger partial charge >= 0.3 is 0 Å². The van der Waals surface area contributed by atoms with Gasteiger partial charge in [0.05, 0.1) is 11.3 Å². The van der Waals surface area contributed by atoms with Crippen LogP contribution in [0.4, 0.5) is 0 Å². The van der Waals surface area contributed by atoms with Gasteiger partial charge in [-0.25, -0.2) is 18.1 Å². The molecule has 1 saturated carbocycles. The van der Waals surface area contributed by atoms with Gasteiger partial charge in [0.1, 0.15) is 24.5 Å². The molecular weight excluding hydrogens is 378 g/mol. The molecule has 0 amide bonds. The van der Waals surface area contributed by atoms with Crippen LogP contribution in [0.1, 0.15) is 31.2 Å². The molecule has 1 aromatic carbocycles. The molecule has 0 atom stereocenters. The third kappa shape index (κ3) is 6.22. The van der Waals surface area contributed by atoms with Crippen molar-refractivity contribution in [2.75, 3.05) is 12.4 Å². The maximum Gasteiger partial charge on any atom is 0.215 e. The largest absolute Gasteiger partial charge is 0.492 e. The van der Waals surface area contributed by atoms with Crippen LogP contribution in [-0.4, -0.2) is 37.9 Å². The zero-order valence-electron chi connectivity index (χ0n) is 15.5. The Morgan fingerprint density at radius 3 is 2.50 bits per heavy atom. The van der Waals surface area contributed by atoms with Gasteiger partial charge < -0.3 is 9.47 Å². The van der Waals surface area contributed by atoms with Crippen molar-refractivity contribution in [2.45, 2.75) is 37.8 Å². The summed E-state index contributed by atoms with van der Waals surface area (Å²) in [5.74, 6) is 1.07. The summed E-state index contributed by atoms with van der Waals surface area (Å²) in [5, 5.41) is 8.79. The lowest BCUT2D eigenvalue weighted by molar-refractivity contribution is 0.138. The molecule has 148 valence electrons. The summed E-state index contributed by atoms with van der Waals surface area (Å²) in [6.45, 7) is 0.113. The number of rotatable bonds is 8. The summed E-state index contributed by atoms with van der Waals surface area (Å²) >= 11 is 0. The fourth-order valence-electron chi connectivity index (χ4n) is 3.08. The molecule has 1 aliphatic carbocycles. The number of aromatic nitrogens is 1. The lowest BCUT2D eigenvalue weighted by Crippen LogP contribution is -2.41. The van der Waals surface area contributed by atoms with E-state index in [-0.39, 0.29) is 24.5 Å². The molecule has 2 aromatic rings. The van der Waals surface area contributed by atoms with E-state index in [0.717, 1.165) is 12.8 Å². The van der Waals surface area contributed by atoms with Crippen LogP contribution in [0.2, 0.25) is 0 Å². The summed E-state index contributed by atoms with van der Waals surface area (Å²) in [5.41, 5.74) is 0.488. The number of sulfonamides is 1. The van der Waals surface area contributed by atoms with E-state index in [1.165, 1.54) is 6.20 Å². The minimum Gasteiger partial charge on any atom is -0.492 e. The molecule has 1 N–H and O–H groups in total. The molecule has 28 heavy (non-hydrogen) atoms. The lowest BCUT2D eigenvalue weighted by Gasteiger charge is -2.29. The smallest absolute Gasteiger partial charge is 0.215 e. The number of para-hydroxylation sites is 1. The van der Waals surface area contributed by atoms with Crippen LogP contribution in [0, 0.1) is 11.3 Å². The second kappa shape index (κ2) is 9.53. The minimum absolute atomic E-state index is 0.00241. The second-order valence-electron chi connectivity index (χ2n) is 6.69. The summed E-state index contributed by atoms with van der Waals surface area (Å²) in [6.07, 6.45) is 4.39. The van der Waals surface area contributed by atoms with Gasteiger partial charge in [-0.1, -0.05) is 18.2 Å². The topological polar surface area (TPSA) is 101 Å². The van der Waals surface area contributed by atoms with E-state index < -0.39 is 10.0 Å². The summed E-state index contributed by atoms with van der Waals surface area (Å²) in [7, 11) is -3.39. The molecule has 7 nitrogen and oxygen atoms in total. The van der Waals surface area contributed by atoms with Crippen LogP contribution in [0.5, 0.6) is 11.6 Å². The Kier molecular flexibility index (Phi) is 6.85. The Labute approximate surface area is 165 Å². The molecule has 3 rings (SSSR count). The first-order valence-corrected chi connectivity index (χ1v) is 10.9. The fourth-order valence-corrected chi connectivity index (χ4v) is 4.25. The monoisotopic (exact) mass is 401 g/mol. The van der Waals surface area contributed by atoms with Crippen molar-refractivity contribution in [3.63, 3.8) is 0 Å². The molecule has 0 unspecified atom stereocenters. The number of benzene rings is 1. The van der Waals surface area contributed by atoms with Crippen LogP contribution in [-0.2, 0) is 10.0 Å². The zero-order chi connectivity index (χ0) is 19.8. The lowest BCUT2D eigenvalue weighted by atomic mass is 9.94. The van der Waals surface area contributed by atoms with Crippen molar-refractivity contribution in [1.82, 2.24) is 9.71 Å². The average molecular weight is 401 g/mol. The van der Waals surface area contributed by atoms with Crippen molar-refractivity contribution in [3.05, 3.63) is 54.2 Å². The Hall–Kier alpha value is -2.63. The predicted octanol–water partition coefficient (Wildman–Crippen LogP) is 2.64. The predicted molar refractivity (Wildman–Crippen MR) is 104 cm³/mol. The Balaban J connectivity index is 1.39. The summed E-state index contributed by atoms with van der Waals surface area (Å²) in [4.78, 5) is 4.11. The zero-order valence-corrected chi connectivity index (χ0v) is 16.3. The number of hydrogen-bond acceptors (Lipinski definition) is 6. The third-order valence-corrected chi connectivity index (χ3v) is 5.93. The molecule has 1 heterocycles. The van der Waals surface area contributed by atoms with Crippen molar-refractivity contribution in [3.8, 4) is 17.7 Å². The number of hydrogen-bond donors (Lipinski definition) is 1. The molecule has 0 aliphatic heterocycles. The number of ether oxygens (including phenoxy) is 2. The molecule has 0 radical (unpaired) electrons. The van der Waals surface area contributed by atoms with E-state index >= 15 is 0 Å². The molecule has 1 fully saturated rings. The van der Waals surface area contributed by atoms with Crippen LogP contribution in [0.15, 0.2) is 48.7 Å². The van der Waals surface area contributed by atoms with Crippen molar-refractivity contribution >= 4 is 10.0 Å². The van der Waals surface area contributed by atoms with Gasteiger partial charge in [0.25, 0.3) is 0 Å². The van der Waals surface area contributed by atoms with E-state index in [4.69, 9.17) is 14.7 Å². The maximum absolute atomic E-state index is 12.3. The van der Waals surface area contributed by atoms with Gasteiger partial charge in [0.15, 0.2) is 0 Å². The number of nitrogens with zero attached hydrogens (tertiary/aromatic N) is 2. The van der Waals surface area contributed by atoms with Gasteiger partial charge in [-0.15, -0.1) is 0 Å². The van der Waals surface area contributed by atoms with E-state index in [1.807, 2.05) is 24.3 Å². The first-order valence-electron chi connectivity index (χ1n) is 9.25. The van der Waals surface area contributed by atoms with Crippen LogP contribution in [0.3, 0.4) is 0 Å². The molecule has 8 heteroatoms. The van der Waals surface area contributed by atoms with Crippen LogP contribution >= 0.6 is 0 Å². The minimum atomic E-state index is -3.39. The van der Waals surface area contributed by atoms with E-state index in [9.17, 15) is 8.42 Å². The second-order valence-corrected chi connectivity index (χ2v) is 8.56. The summed E-state index contributed by atoms with van der Waals surface area (Å²) in [6, 6.07) is 14.4. The van der Waals surface area contributed by atoms with Crippen LogP contribution in [0.25, 0.3) is 0 Å². The van der Waals surface area contributed by atoms with Crippen molar-refractivity contribution in [2.24, 2.45) is 0 Å². The Morgan fingerprint density at radius 1 is 1.11 bits per heavy atom. The standard InChI is InChI=1S/C20H23N3O4S/c21-14-16-6-11-20(22-15-16)27-19-9-7-17(8-10-19)23-28(24,25)13-12-26-18-4-2-1-3-5-18/h1-6,11,15,17,19,23H,7-10,12-13H2. The highest BCUT2D eigenvalue weighted by Crippen LogP contribution is 2.23. The average Bonchev–Trinajstić information content (AvgIpc) is 2.70. The quantitative estimate of drug-likeness (QED) is 0.730. The van der Waals surface area contributed by atoms with Crippen molar-refractivity contribution in [1.29, 1.82) is 5.26 Å². The van der Waals surface area contributed by atoms with Gasteiger partial charge in [-0.2, -0.15) is 5.26 Å². The van der Waals surface area contributed by atoms with E-state index in [0.29, 0.717) is 30.0 Å². The Morgan fingerprint density at radius 2 is 1.86 bits per heavy atom. The normalized spacial score (nSPS) is 19.5.